The number of carboxylic acid groups (broad SMARTS) is 1. The van der Waals surface area contributed by atoms with Gasteiger partial charge < -0.3 is 10.4 Å². The molecule has 1 unspecified atom stereocenters. The molecule has 0 saturated carbocycles. The number of nitrogens with one attached hydrogen (secondary N) is 1. The molecule has 1 atom stereocenters. The fourth-order valence-corrected chi connectivity index (χ4v) is 2.05. The second-order valence-electron chi connectivity index (χ2n) is 3.21. The Bertz CT molecular complexity index is 361. The molecule has 7 heteroatoms. The molecule has 0 aliphatic rings. The van der Waals surface area contributed by atoms with E-state index in [0.717, 1.165) is 5.69 Å². The summed E-state index contributed by atoms with van der Waals surface area (Å²) in [6.07, 6.45) is 5.68. The van der Waals surface area contributed by atoms with Gasteiger partial charge in [-0.1, -0.05) is 0 Å². The molecule has 1 aromatic rings. The van der Waals surface area contributed by atoms with E-state index in [4.69, 9.17) is 5.11 Å². The van der Waals surface area contributed by atoms with Crippen LogP contribution in [0.4, 0.5) is 0 Å². The standard InChI is InChI=1S/C10H13N3O3S/c14-7-13-9(10(15)16)1-4-17-6-8-5-11-2-3-12-8/h2-3,5,7,9H,1,4,6H2,(H,13,14)(H,15,16). The van der Waals surface area contributed by atoms with Gasteiger partial charge in [0, 0.05) is 24.3 Å². The summed E-state index contributed by atoms with van der Waals surface area (Å²) in [6, 6.07) is -0.818. The fourth-order valence-electron chi connectivity index (χ4n) is 1.14. The Balaban J connectivity index is 2.23. The highest BCUT2D eigenvalue weighted by Crippen LogP contribution is 2.11. The number of thioether (sulfide) groups is 1. The summed E-state index contributed by atoms with van der Waals surface area (Å²) in [5, 5.41) is 11.0. The number of carbonyl (C=O) groups excluding carboxylic acids is 1. The molecule has 0 saturated heterocycles. The van der Waals surface area contributed by atoms with Crippen LogP contribution in [-0.4, -0.2) is 39.2 Å². The van der Waals surface area contributed by atoms with Crippen LogP contribution in [0.3, 0.4) is 0 Å². The zero-order chi connectivity index (χ0) is 12.5. The summed E-state index contributed by atoms with van der Waals surface area (Å²) in [5.41, 5.74) is 0.854. The zero-order valence-corrected chi connectivity index (χ0v) is 9.89. The fraction of sp³-hybridized carbons (Fsp3) is 0.400. The Morgan fingerprint density at radius 2 is 2.41 bits per heavy atom. The van der Waals surface area contributed by atoms with Crippen LogP contribution in [0.25, 0.3) is 0 Å². The van der Waals surface area contributed by atoms with E-state index in [1.807, 2.05) is 0 Å². The molecule has 0 aliphatic heterocycles. The number of carboxylic acids is 1. The molecule has 6 nitrogen and oxygen atoms in total. The lowest BCUT2D eigenvalue weighted by Crippen LogP contribution is -2.36. The Labute approximate surface area is 103 Å². The van der Waals surface area contributed by atoms with Gasteiger partial charge in [-0.25, -0.2) is 4.79 Å². The first-order chi connectivity index (χ1) is 8.24. The van der Waals surface area contributed by atoms with Crippen molar-refractivity contribution >= 4 is 24.1 Å². The van der Waals surface area contributed by atoms with Gasteiger partial charge in [-0.05, 0) is 12.2 Å². The van der Waals surface area contributed by atoms with Crippen molar-refractivity contribution in [1.82, 2.24) is 15.3 Å². The van der Waals surface area contributed by atoms with Gasteiger partial charge in [0.2, 0.25) is 6.41 Å². The second kappa shape index (κ2) is 7.61. The lowest BCUT2D eigenvalue weighted by molar-refractivity contribution is -0.140. The van der Waals surface area contributed by atoms with Crippen molar-refractivity contribution in [2.45, 2.75) is 18.2 Å². The highest BCUT2D eigenvalue weighted by atomic mass is 32.2. The van der Waals surface area contributed by atoms with Gasteiger partial charge in [0.05, 0.1) is 5.69 Å². The third kappa shape index (κ3) is 5.30. The van der Waals surface area contributed by atoms with Crippen LogP contribution in [0.2, 0.25) is 0 Å². The maximum atomic E-state index is 10.7. The Morgan fingerprint density at radius 3 is 3.00 bits per heavy atom. The lowest BCUT2D eigenvalue weighted by Gasteiger charge is -2.10. The molecule has 0 fully saturated rings. The molecule has 0 aromatic carbocycles. The summed E-state index contributed by atoms with van der Waals surface area (Å²) < 4.78 is 0. The van der Waals surface area contributed by atoms with Gasteiger partial charge in [0.15, 0.2) is 0 Å². The average molecular weight is 255 g/mol. The molecule has 0 bridgehead atoms. The molecule has 92 valence electrons. The smallest absolute Gasteiger partial charge is 0.326 e. The molecule has 0 aliphatic carbocycles. The number of aliphatic carboxylic acids is 1. The quantitative estimate of drug-likeness (QED) is 0.512. The van der Waals surface area contributed by atoms with Crippen LogP contribution in [0.1, 0.15) is 12.1 Å². The zero-order valence-electron chi connectivity index (χ0n) is 9.07. The van der Waals surface area contributed by atoms with Crippen LogP contribution in [0.5, 0.6) is 0 Å². The molecule has 2 N–H and O–H groups in total. The maximum absolute atomic E-state index is 10.7. The maximum Gasteiger partial charge on any atom is 0.326 e. The highest BCUT2D eigenvalue weighted by Gasteiger charge is 2.15. The average Bonchev–Trinajstić information content (AvgIpc) is 2.34. The predicted molar refractivity (Wildman–Crippen MR) is 63.4 cm³/mol. The summed E-state index contributed by atoms with van der Waals surface area (Å²) in [4.78, 5) is 28.9. The summed E-state index contributed by atoms with van der Waals surface area (Å²) >= 11 is 1.56. The van der Waals surface area contributed by atoms with E-state index < -0.39 is 12.0 Å². The van der Waals surface area contributed by atoms with Gasteiger partial charge in [-0.2, -0.15) is 11.8 Å². The van der Waals surface area contributed by atoms with Crippen LogP contribution in [-0.2, 0) is 15.3 Å². The van der Waals surface area contributed by atoms with Crippen molar-refractivity contribution in [3.05, 3.63) is 24.3 Å². The molecule has 1 heterocycles. The summed E-state index contributed by atoms with van der Waals surface area (Å²) in [7, 11) is 0. The summed E-state index contributed by atoms with van der Waals surface area (Å²) in [5.74, 6) is 0.299. The van der Waals surface area contributed by atoms with Crippen LogP contribution in [0.15, 0.2) is 18.6 Å². The van der Waals surface area contributed by atoms with Crippen molar-refractivity contribution in [2.24, 2.45) is 0 Å². The van der Waals surface area contributed by atoms with E-state index in [1.54, 1.807) is 30.4 Å². The van der Waals surface area contributed by atoms with Crippen LogP contribution >= 0.6 is 11.8 Å². The van der Waals surface area contributed by atoms with E-state index in [2.05, 4.69) is 15.3 Å². The minimum Gasteiger partial charge on any atom is -0.480 e. The van der Waals surface area contributed by atoms with Crippen LogP contribution in [0, 0.1) is 0 Å². The largest absolute Gasteiger partial charge is 0.480 e. The highest BCUT2D eigenvalue weighted by molar-refractivity contribution is 7.98. The van der Waals surface area contributed by atoms with E-state index in [9.17, 15) is 9.59 Å². The number of nitrogens with zero attached hydrogens (tertiary/aromatic N) is 2. The minimum atomic E-state index is -1.02. The summed E-state index contributed by atoms with van der Waals surface area (Å²) in [6.45, 7) is 0. The molecule has 1 rings (SSSR count). The van der Waals surface area contributed by atoms with Gasteiger partial charge in [0.1, 0.15) is 6.04 Å². The van der Waals surface area contributed by atoms with Crippen molar-refractivity contribution in [3.8, 4) is 0 Å². The van der Waals surface area contributed by atoms with E-state index in [0.29, 0.717) is 24.3 Å². The van der Waals surface area contributed by atoms with Crippen LogP contribution < -0.4 is 5.32 Å². The van der Waals surface area contributed by atoms with Crippen molar-refractivity contribution in [2.75, 3.05) is 5.75 Å². The Kier molecular flexibility index (Phi) is 6.02. The van der Waals surface area contributed by atoms with Gasteiger partial charge in [0.25, 0.3) is 0 Å². The topological polar surface area (TPSA) is 92.2 Å². The van der Waals surface area contributed by atoms with Crippen molar-refractivity contribution in [3.63, 3.8) is 0 Å². The molecule has 0 radical (unpaired) electrons. The monoisotopic (exact) mass is 255 g/mol. The Hall–Kier alpha value is -1.63. The predicted octanol–water partition coefficient (Wildman–Crippen LogP) is 0.299. The lowest BCUT2D eigenvalue weighted by atomic mass is 10.2. The number of carbonyl (C=O) groups is 2. The molecule has 17 heavy (non-hydrogen) atoms. The SMILES string of the molecule is O=CNC(CCSCc1cnccn1)C(=O)O. The normalized spacial score (nSPS) is 11.8. The third-order valence-corrected chi connectivity index (χ3v) is 3.01. The molecule has 0 spiro atoms. The second-order valence-corrected chi connectivity index (χ2v) is 4.32. The van der Waals surface area contributed by atoms with Gasteiger partial charge in [-0.3, -0.25) is 14.8 Å². The first kappa shape index (κ1) is 13.4. The first-order valence-corrected chi connectivity index (χ1v) is 6.14. The first-order valence-electron chi connectivity index (χ1n) is 4.99. The number of hydrogen-bond acceptors (Lipinski definition) is 5. The van der Waals surface area contributed by atoms with E-state index in [-0.39, 0.29) is 0 Å². The molecule has 1 amide bonds. The minimum absolute atomic E-state index is 0.388. The molecular formula is C10H13N3O3S. The molecular weight excluding hydrogens is 242 g/mol. The van der Waals surface area contributed by atoms with Gasteiger partial charge in [-0.15, -0.1) is 0 Å². The number of aromatic nitrogens is 2. The van der Waals surface area contributed by atoms with Gasteiger partial charge >= 0.3 is 5.97 Å². The van der Waals surface area contributed by atoms with Crippen molar-refractivity contribution < 1.29 is 14.7 Å². The number of rotatable bonds is 8. The number of amides is 1. The van der Waals surface area contributed by atoms with E-state index in [1.165, 1.54) is 0 Å². The third-order valence-electron chi connectivity index (χ3n) is 1.98. The van der Waals surface area contributed by atoms with Crippen molar-refractivity contribution in [1.29, 1.82) is 0 Å². The Morgan fingerprint density at radius 1 is 1.59 bits per heavy atom. The van der Waals surface area contributed by atoms with E-state index >= 15 is 0 Å². The molecule has 1 aromatic heterocycles. The number of hydrogen-bond donors (Lipinski definition) is 2.